The Morgan fingerprint density at radius 3 is 2.67 bits per heavy atom. The van der Waals surface area contributed by atoms with Crippen LogP contribution in [0.15, 0.2) is 48.5 Å². The molecule has 2 heterocycles. The Labute approximate surface area is 129 Å². The first kappa shape index (κ1) is 12.9. The van der Waals surface area contributed by atoms with E-state index in [2.05, 4.69) is 53.6 Å². The lowest BCUT2D eigenvalue weighted by Crippen LogP contribution is -2.31. The molecule has 1 aromatic heterocycles. The van der Waals surface area contributed by atoms with E-state index in [0.717, 1.165) is 11.6 Å². The van der Waals surface area contributed by atoms with E-state index in [-0.39, 0.29) is 0 Å². The van der Waals surface area contributed by atoms with Crippen molar-refractivity contribution in [2.45, 2.75) is 18.9 Å². The summed E-state index contributed by atoms with van der Waals surface area (Å²) in [6, 6.07) is 17.0. The molecule has 1 aliphatic heterocycles. The molecule has 0 unspecified atom stereocenters. The fourth-order valence-electron chi connectivity index (χ4n) is 3.42. The van der Waals surface area contributed by atoms with Gasteiger partial charge in [-0.2, -0.15) is 0 Å². The second kappa shape index (κ2) is 4.90. The second-order valence-electron chi connectivity index (χ2n) is 5.70. The number of benzene rings is 2. The molecule has 21 heavy (non-hydrogen) atoms. The molecular formula is C18H17ClN2. The van der Waals surface area contributed by atoms with Gasteiger partial charge in [0, 0.05) is 40.1 Å². The summed E-state index contributed by atoms with van der Waals surface area (Å²) in [5.41, 5.74) is 5.08. The third kappa shape index (κ3) is 1.98. The van der Waals surface area contributed by atoms with Crippen molar-refractivity contribution in [3.8, 4) is 0 Å². The third-order valence-electron chi connectivity index (χ3n) is 4.47. The molecule has 3 heteroatoms. The van der Waals surface area contributed by atoms with E-state index in [1.807, 2.05) is 12.1 Å². The van der Waals surface area contributed by atoms with Crippen molar-refractivity contribution in [1.82, 2.24) is 10.3 Å². The smallest absolute Gasteiger partial charge is 0.0459 e. The molecular weight excluding hydrogens is 280 g/mol. The van der Waals surface area contributed by atoms with Crippen molar-refractivity contribution in [3.05, 3.63) is 70.4 Å². The van der Waals surface area contributed by atoms with Crippen LogP contribution in [-0.4, -0.2) is 11.5 Å². The van der Waals surface area contributed by atoms with E-state index in [1.54, 1.807) is 0 Å². The van der Waals surface area contributed by atoms with Gasteiger partial charge in [-0.25, -0.2) is 0 Å². The van der Waals surface area contributed by atoms with Gasteiger partial charge in [0.05, 0.1) is 0 Å². The standard InChI is InChI=1S/C18H17ClN2/c1-11-18-17(13-7-3-5-9-16(13)21-18)14(10-20-11)12-6-2-4-8-15(12)19/h2-9,11,14,20-21H,10H2,1H3/t11-,14-/m0/s1. The molecule has 0 saturated carbocycles. The second-order valence-corrected chi connectivity index (χ2v) is 6.11. The fourth-order valence-corrected chi connectivity index (χ4v) is 3.69. The molecule has 0 fully saturated rings. The molecule has 2 nitrogen and oxygen atoms in total. The molecule has 2 atom stereocenters. The van der Waals surface area contributed by atoms with E-state index in [0.29, 0.717) is 12.0 Å². The lowest BCUT2D eigenvalue weighted by Gasteiger charge is -2.29. The van der Waals surface area contributed by atoms with E-state index < -0.39 is 0 Å². The van der Waals surface area contributed by atoms with Gasteiger partial charge in [0.25, 0.3) is 0 Å². The number of rotatable bonds is 1. The first-order valence-corrected chi connectivity index (χ1v) is 7.72. The first-order chi connectivity index (χ1) is 10.3. The number of halogens is 1. The number of fused-ring (bicyclic) bond motifs is 3. The van der Waals surface area contributed by atoms with Gasteiger partial charge < -0.3 is 10.3 Å². The van der Waals surface area contributed by atoms with Crippen molar-refractivity contribution >= 4 is 22.5 Å². The van der Waals surface area contributed by atoms with Gasteiger partial charge in [0.1, 0.15) is 0 Å². The van der Waals surface area contributed by atoms with E-state index in [9.17, 15) is 0 Å². The number of hydrogen-bond acceptors (Lipinski definition) is 1. The summed E-state index contributed by atoms with van der Waals surface area (Å²) in [7, 11) is 0. The highest BCUT2D eigenvalue weighted by molar-refractivity contribution is 6.31. The van der Waals surface area contributed by atoms with E-state index >= 15 is 0 Å². The number of para-hydroxylation sites is 1. The van der Waals surface area contributed by atoms with Crippen molar-refractivity contribution < 1.29 is 0 Å². The normalized spacial score (nSPS) is 21.4. The molecule has 0 spiro atoms. The minimum atomic E-state index is 0.293. The maximum Gasteiger partial charge on any atom is 0.0459 e. The summed E-state index contributed by atoms with van der Waals surface area (Å²) >= 11 is 6.44. The fraction of sp³-hybridized carbons (Fsp3) is 0.222. The van der Waals surface area contributed by atoms with Gasteiger partial charge in [0.2, 0.25) is 0 Å². The maximum atomic E-state index is 6.44. The quantitative estimate of drug-likeness (QED) is 0.674. The average molecular weight is 297 g/mol. The largest absolute Gasteiger partial charge is 0.357 e. The number of aromatic nitrogens is 1. The molecule has 0 aliphatic carbocycles. The van der Waals surface area contributed by atoms with Crippen LogP contribution in [0.2, 0.25) is 5.02 Å². The van der Waals surface area contributed by atoms with Crippen LogP contribution in [0.1, 0.15) is 35.7 Å². The minimum absolute atomic E-state index is 0.293. The van der Waals surface area contributed by atoms with Crippen LogP contribution in [0.4, 0.5) is 0 Å². The molecule has 106 valence electrons. The highest BCUT2D eigenvalue weighted by atomic mass is 35.5. The number of nitrogens with one attached hydrogen (secondary N) is 2. The highest BCUT2D eigenvalue weighted by Crippen LogP contribution is 2.40. The topological polar surface area (TPSA) is 27.8 Å². The Morgan fingerprint density at radius 2 is 1.81 bits per heavy atom. The van der Waals surface area contributed by atoms with Crippen molar-refractivity contribution in [3.63, 3.8) is 0 Å². The van der Waals surface area contributed by atoms with Gasteiger partial charge in [-0.05, 0) is 30.2 Å². The molecule has 0 radical (unpaired) electrons. The Kier molecular flexibility index (Phi) is 3.02. The molecule has 3 aromatic rings. The molecule has 4 rings (SSSR count). The Hall–Kier alpha value is -1.77. The van der Waals surface area contributed by atoms with Gasteiger partial charge in [0.15, 0.2) is 0 Å². The molecule has 0 amide bonds. The van der Waals surface area contributed by atoms with Gasteiger partial charge in [-0.3, -0.25) is 0 Å². The lowest BCUT2D eigenvalue weighted by atomic mass is 9.85. The van der Waals surface area contributed by atoms with Gasteiger partial charge >= 0.3 is 0 Å². The van der Waals surface area contributed by atoms with Crippen LogP contribution < -0.4 is 5.32 Å². The number of aromatic amines is 1. The van der Waals surface area contributed by atoms with Crippen LogP contribution in [0.3, 0.4) is 0 Å². The molecule has 2 aromatic carbocycles. The Balaban J connectivity index is 1.98. The summed E-state index contributed by atoms with van der Waals surface area (Å²) in [5, 5.41) is 5.74. The summed E-state index contributed by atoms with van der Waals surface area (Å²) in [6.07, 6.45) is 0. The minimum Gasteiger partial charge on any atom is -0.357 e. The zero-order chi connectivity index (χ0) is 14.4. The summed E-state index contributed by atoms with van der Waals surface area (Å²) < 4.78 is 0. The number of H-pyrrole nitrogens is 1. The SMILES string of the molecule is C[C@@H]1NC[C@@H](c2ccccc2Cl)c2c1[nH]c1ccccc21. The Morgan fingerprint density at radius 1 is 1.05 bits per heavy atom. The monoisotopic (exact) mass is 296 g/mol. The predicted molar refractivity (Wildman–Crippen MR) is 88.0 cm³/mol. The van der Waals surface area contributed by atoms with Crippen LogP contribution in [0.5, 0.6) is 0 Å². The summed E-state index contributed by atoms with van der Waals surface area (Å²) in [4.78, 5) is 3.58. The number of hydrogen-bond donors (Lipinski definition) is 2. The third-order valence-corrected chi connectivity index (χ3v) is 4.81. The highest BCUT2D eigenvalue weighted by Gasteiger charge is 2.30. The van der Waals surface area contributed by atoms with Crippen molar-refractivity contribution in [1.29, 1.82) is 0 Å². The predicted octanol–water partition coefficient (Wildman–Crippen LogP) is 4.62. The zero-order valence-corrected chi connectivity index (χ0v) is 12.6. The summed E-state index contributed by atoms with van der Waals surface area (Å²) in [6.45, 7) is 3.12. The molecule has 0 saturated heterocycles. The van der Waals surface area contributed by atoms with Crippen LogP contribution in [0.25, 0.3) is 10.9 Å². The van der Waals surface area contributed by atoms with Gasteiger partial charge in [-0.1, -0.05) is 48.0 Å². The van der Waals surface area contributed by atoms with Crippen molar-refractivity contribution in [2.75, 3.05) is 6.54 Å². The van der Waals surface area contributed by atoms with Crippen LogP contribution in [0, 0.1) is 0 Å². The van der Waals surface area contributed by atoms with Crippen molar-refractivity contribution in [2.24, 2.45) is 0 Å². The Bertz CT molecular complexity index is 806. The first-order valence-electron chi connectivity index (χ1n) is 7.34. The summed E-state index contributed by atoms with van der Waals surface area (Å²) in [5.74, 6) is 0.293. The van der Waals surface area contributed by atoms with Gasteiger partial charge in [-0.15, -0.1) is 0 Å². The molecule has 0 bridgehead atoms. The molecule has 2 N–H and O–H groups in total. The zero-order valence-electron chi connectivity index (χ0n) is 11.9. The molecule has 1 aliphatic rings. The van der Waals surface area contributed by atoms with Crippen LogP contribution in [-0.2, 0) is 0 Å². The average Bonchev–Trinajstić information content (AvgIpc) is 2.89. The van der Waals surface area contributed by atoms with Crippen LogP contribution >= 0.6 is 11.6 Å². The maximum absolute atomic E-state index is 6.44. The van der Waals surface area contributed by atoms with E-state index in [4.69, 9.17) is 11.6 Å². The van der Waals surface area contributed by atoms with E-state index in [1.165, 1.54) is 27.7 Å². The lowest BCUT2D eigenvalue weighted by molar-refractivity contribution is 0.502.